The summed E-state index contributed by atoms with van der Waals surface area (Å²) in [4.78, 5) is 0. The van der Waals surface area contributed by atoms with Crippen LogP contribution in [0.3, 0.4) is 0 Å². The van der Waals surface area contributed by atoms with Gasteiger partial charge in [-0.15, -0.1) is 23.5 Å². The zero-order valence-corrected chi connectivity index (χ0v) is 3.86. The van der Waals surface area contributed by atoms with Crippen LogP contribution in [-0.2, 0) is 0 Å². The van der Waals surface area contributed by atoms with Gasteiger partial charge in [0, 0.05) is 10.2 Å². The molecule has 0 atom stereocenters. The molecule has 0 aliphatic carbocycles. The molecule has 1 aliphatic heterocycles. The Morgan fingerprint density at radius 2 is 1.25 bits per heavy atom. The molecule has 2 heteroatoms. The Kier molecular flexibility index (Phi) is 0.889. The van der Waals surface area contributed by atoms with E-state index in [0.717, 1.165) is 0 Å². The largest absolute Gasteiger partial charge is 0.140 e. The molecule has 1 aliphatic rings. The zero-order chi connectivity index (χ0) is 2.83. The fourth-order valence-electron chi connectivity index (χ4n) is 0.0833. The van der Waals surface area contributed by atoms with Crippen LogP contribution in [0.5, 0.6) is 0 Å². The molecule has 1 heterocycles. The molecule has 0 spiro atoms. The van der Waals surface area contributed by atoms with Crippen molar-refractivity contribution in [3.8, 4) is 0 Å². The summed E-state index contributed by atoms with van der Waals surface area (Å²) in [6, 6.07) is 0. The topological polar surface area (TPSA) is 0 Å². The van der Waals surface area contributed by atoms with Crippen molar-refractivity contribution in [1.29, 1.82) is 0 Å². The Hall–Kier alpha value is 0.700. The van der Waals surface area contributed by atoms with Crippen molar-refractivity contribution >= 4 is 23.5 Å². The van der Waals surface area contributed by atoms with E-state index >= 15 is 0 Å². The highest BCUT2D eigenvalue weighted by Crippen LogP contribution is 2.27. The lowest BCUT2D eigenvalue weighted by Gasteiger charge is -2.05. The van der Waals surface area contributed by atoms with Gasteiger partial charge in [0.05, 0.1) is 0 Å². The average molecular weight is 92.2 g/mol. The van der Waals surface area contributed by atoms with Crippen molar-refractivity contribution in [1.82, 2.24) is 0 Å². The van der Waals surface area contributed by atoms with Gasteiger partial charge < -0.3 is 0 Å². The van der Waals surface area contributed by atoms with Gasteiger partial charge in [0.15, 0.2) is 0 Å². The molecule has 4 heavy (non-hydrogen) atoms. The highest BCUT2D eigenvalue weighted by Gasteiger charge is 1.95. The predicted octanol–water partition coefficient (Wildman–Crippen LogP) is 1.38. The SMILES string of the molecule is C1SCS1. The van der Waals surface area contributed by atoms with Gasteiger partial charge in [0.1, 0.15) is 0 Å². The molecular formula is C2H4S2. The second-order valence-electron chi connectivity index (χ2n) is 0.644. The summed E-state index contributed by atoms with van der Waals surface area (Å²) >= 11 is 4.00. The van der Waals surface area contributed by atoms with Gasteiger partial charge in [-0.2, -0.15) is 0 Å². The van der Waals surface area contributed by atoms with Crippen LogP contribution in [0.2, 0.25) is 0 Å². The van der Waals surface area contributed by atoms with Gasteiger partial charge in [-0.3, -0.25) is 0 Å². The normalized spacial score (nSPS) is 24.0. The molecule has 0 radical (unpaired) electrons. The molecule has 0 N–H and O–H groups in total. The summed E-state index contributed by atoms with van der Waals surface area (Å²) in [5.74, 6) is 0. The summed E-state index contributed by atoms with van der Waals surface area (Å²) in [5, 5.41) is 2.67. The van der Waals surface area contributed by atoms with Gasteiger partial charge in [-0.05, 0) is 0 Å². The first-order chi connectivity index (χ1) is 2.00. The van der Waals surface area contributed by atoms with Crippen LogP contribution in [0.1, 0.15) is 0 Å². The van der Waals surface area contributed by atoms with Crippen molar-refractivity contribution in [2.75, 3.05) is 10.2 Å². The molecule has 1 saturated heterocycles. The molecule has 0 nitrogen and oxygen atoms in total. The highest BCUT2D eigenvalue weighted by atomic mass is 32.3. The van der Waals surface area contributed by atoms with E-state index in [1.807, 2.05) is 23.5 Å². The second kappa shape index (κ2) is 1.22. The van der Waals surface area contributed by atoms with Crippen LogP contribution in [0, 0.1) is 0 Å². The fraction of sp³-hybridized carbons (Fsp3) is 1.00. The minimum atomic E-state index is 1.33. The Morgan fingerprint density at radius 3 is 1.25 bits per heavy atom. The third-order valence-corrected chi connectivity index (χ3v) is 3.00. The minimum Gasteiger partial charge on any atom is -0.140 e. The van der Waals surface area contributed by atoms with Gasteiger partial charge in [0.25, 0.3) is 0 Å². The minimum absolute atomic E-state index is 1.33. The summed E-state index contributed by atoms with van der Waals surface area (Å²) in [6.45, 7) is 0. The summed E-state index contributed by atoms with van der Waals surface area (Å²) in [5.41, 5.74) is 0. The maximum absolute atomic E-state index is 2.00. The van der Waals surface area contributed by atoms with Crippen molar-refractivity contribution in [2.45, 2.75) is 0 Å². The molecule has 0 aromatic carbocycles. The van der Waals surface area contributed by atoms with Gasteiger partial charge in [-0.25, -0.2) is 0 Å². The van der Waals surface area contributed by atoms with Crippen LogP contribution in [0.4, 0.5) is 0 Å². The molecule has 0 aromatic heterocycles. The van der Waals surface area contributed by atoms with Crippen LogP contribution < -0.4 is 0 Å². The monoisotopic (exact) mass is 92.0 g/mol. The molecule has 0 saturated carbocycles. The van der Waals surface area contributed by atoms with Crippen molar-refractivity contribution in [3.05, 3.63) is 0 Å². The first-order valence-corrected chi connectivity index (χ1v) is 3.46. The number of rotatable bonds is 0. The van der Waals surface area contributed by atoms with Crippen LogP contribution in [0.25, 0.3) is 0 Å². The fourth-order valence-corrected chi connectivity index (χ4v) is 0.750. The first kappa shape index (κ1) is 2.91. The van der Waals surface area contributed by atoms with Crippen LogP contribution >= 0.6 is 23.5 Å². The Balaban J connectivity index is 2.00. The van der Waals surface area contributed by atoms with Crippen molar-refractivity contribution in [2.24, 2.45) is 0 Å². The zero-order valence-electron chi connectivity index (χ0n) is 2.23. The Labute approximate surface area is 34.3 Å². The van der Waals surface area contributed by atoms with E-state index in [-0.39, 0.29) is 0 Å². The van der Waals surface area contributed by atoms with Crippen LogP contribution in [-0.4, -0.2) is 10.2 Å². The smallest absolute Gasteiger partial charge is 0.0408 e. The van der Waals surface area contributed by atoms with Gasteiger partial charge in [-0.1, -0.05) is 0 Å². The lowest BCUT2D eigenvalue weighted by atomic mass is 11.8. The highest BCUT2D eigenvalue weighted by molar-refractivity contribution is 8.31. The summed E-state index contributed by atoms with van der Waals surface area (Å²) < 4.78 is 0. The molecule has 1 rings (SSSR count). The number of hydrogen-bond donors (Lipinski definition) is 0. The van der Waals surface area contributed by atoms with E-state index in [1.54, 1.807) is 0 Å². The molecule has 0 bridgehead atoms. The van der Waals surface area contributed by atoms with E-state index in [9.17, 15) is 0 Å². The van der Waals surface area contributed by atoms with Crippen LogP contribution in [0.15, 0.2) is 0 Å². The molecule has 1 fully saturated rings. The van der Waals surface area contributed by atoms with Crippen molar-refractivity contribution in [3.63, 3.8) is 0 Å². The summed E-state index contributed by atoms with van der Waals surface area (Å²) in [7, 11) is 0. The quantitative estimate of drug-likeness (QED) is 0.443. The maximum atomic E-state index is 2.00. The Morgan fingerprint density at radius 1 is 1.00 bits per heavy atom. The first-order valence-electron chi connectivity index (χ1n) is 1.15. The second-order valence-corrected chi connectivity index (χ2v) is 3.35. The van der Waals surface area contributed by atoms with Gasteiger partial charge >= 0.3 is 0 Å². The van der Waals surface area contributed by atoms with E-state index in [0.29, 0.717) is 0 Å². The van der Waals surface area contributed by atoms with Crippen molar-refractivity contribution < 1.29 is 0 Å². The van der Waals surface area contributed by atoms with E-state index in [4.69, 9.17) is 0 Å². The lowest BCUT2D eigenvalue weighted by molar-refractivity contribution is 2.03. The van der Waals surface area contributed by atoms with E-state index < -0.39 is 0 Å². The standard InChI is InChI=1S/C2H4S2/c1-3-2-4-1/h1-2H2. The molecule has 24 valence electrons. The summed E-state index contributed by atoms with van der Waals surface area (Å²) in [6.07, 6.45) is 0. The molecular weight excluding hydrogens is 88.2 g/mol. The average Bonchev–Trinajstić information content (AvgIpc) is 0.722. The lowest BCUT2D eigenvalue weighted by Crippen LogP contribution is -1.82. The molecule has 0 amide bonds. The van der Waals surface area contributed by atoms with E-state index in [1.165, 1.54) is 10.2 Å². The van der Waals surface area contributed by atoms with Gasteiger partial charge in [0.2, 0.25) is 0 Å². The number of hydrogen-bond acceptors (Lipinski definition) is 2. The predicted molar refractivity (Wildman–Crippen MR) is 24.9 cm³/mol. The van der Waals surface area contributed by atoms with E-state index in [2.05, 4.69) is 0 Å². The third kappa shape index (κ3) is 0.353. The Bertz CT molecular complexity index is 12.0. The third-order valence-electron chi connectivity index (χ3n) is 0.333. The maximum Gasteiger partial charge on any atom is 0.0408 e. The number of thioether (sulfide) groups is 2. The molecule has 0 unspecified atom stereocenters. The molecule has 0 aromatic rings.